The third-order valence-corrected chi connectivity index (χ3v) is 3.59. The maximum absolute atomic E-state index is 12.0. The molecule has 24 heavy (non-hydrogen) atoms. The molecule has 0 aromatic heterocycles. The number of benzene rings is 2. The summed E-state index contributed by atoms with van der Waals surface area (Å²) in [4.78, 5) is 12.0. The Labute approximate surface area is 146 Å². The molecule has 0 bridgehead atoms. The molecule has 5 nitrogen and oxygen atoms in total. The Hall–Kier alpha value is -2.14. The van der Waals surface area contributed by atoms with E-state index in [2.05, 4.69) is 0 Å². The predicted octanol–water partition coefficient (Wildman–Crippen LogP) is 4.70. The average Bonchev–Trinajstić information content (AvgIpc) is 2.55. The first-order valence-corrected chi connectivity index (χ1v) is 8.35. The molecule has 130 valence electrons. The standard InChI is InChI=1S/C18H21ClO5/c1-4-7-14(20)24-16-13-10-11(19)8-9-12(13)15(21)17(22-5-2)18(16)23-6-3/h8-10,21H,4-7H2,1-3H3. The molecule has 2 rings (SSSR count). The molecule has 0 aliphatic heterocycles. The lowest BCUT2D eigenvalue weighted by Crippen LogP contribution is -2.10. The number of esters is 1. The van der Waals surface area contributed by atoms with Gasteiger partial charge in [0, 0.05) is 22.2 Å². The molecule has 0 amide bonds. The van der Waals surface area contributed by atoms with Crippen LogP contribution < -0.4 is 14.2 Å². The number of fused-ring (bicyclic) bond motifs is 1. The minimum absolute atomic E-state index is 0.0674. The van der Waals surface area contributed by atoms with Gasteiger partial charge in [-0.05, 0) is 38.5 Å². The highest BCUT2D eigenvalue weighted by molar-refractivity contribution is 6.31. The zero-order valence-corrected chi connectivity index (χ0v) is 14.8. The Kier molecular flexibility index (Phi) is 6.15. The monoisotopic (exact) mass is 352 g/mol. The van der Waals surface area contributed by atoms with E-state index in [1.807, 2.05) is 6.92 Å². The normalized spacial score (nSPS) is 10.7. The van der Waals surface area contributed by atoms with Crippen LogP contribution in [0.2, 0.25) is 5.02 Å². The summed E-state index contributed by atoms with van der Waals surface area (Å²) < 4.78 is 16.7. The minimum atomic E-state index is -0.382. The Balaban J connectivity index is 2.76. The summed E-state index contributed by atoms with van der Waals surface area (Å²) >= 11 is 6.08. The molecule has 2 aromatic rings. The van der Waals surface area contributed by atoms with Crippen LogP contribution in [0.3, 0.4) is 0 Å². The Morgan fingerprint density at radius 3 is 2.33 bits per heavy atom. The first-order valence-electron chi connectivity index (χ1n) is 7.97. The SMILES string of the molecule is CCCC(=O)Oc1c(OCC)c(OCC)c(O)c2ccc(Cl)cc12. The van der Waals surface area contributed by atoms with E-state index in [1.54, 1.807) is 32.0 Å². The highest BCUT2D eigenvalue weighted by atomic mass is 35.5. The summed E-state index contributed by atoms with van der Waals surface area (Å²) in [6, 6.07) is 4.93. The molecule has 0 saturated carbocycles. The van der Waals surface area contributed by atoms with Crippen molar-refractivity contribution in [2.75, 3.05) is 13.2 Å². The highest BCUT2D eigenvalue weighted by Crippen LogP contribution is 2.51. The molecular formula is C18H21ClO5. The van der Waals surface area contributed by atoms with Crippen LogP contribution in [0.5, 0.6) is 23.0 Å². The van der Waals surface area contributed by atoms with Crippen molar-refractivity contribution in [1.82, 2.24) is 0 Å². The van der Waals surface area contributed by atoms with Gasteiger partial charge in [-0.25, -0.2) is 0 Å². The zero-order valence-electron chi connectivity index (χ0n) is 14.0. The topological polar surface area (TPSA) is 65.0 Å². The smallest absolute Gasteiger partial charge is 0.311 e. The van der Waals surface area contributed by atoms with E-state index in [4.69, 9.17) is 25.8 Å². The van der Waals surface area contributed by atoms with E-state index < -0.39 is 0 Å². The van der Waals surface area contributed by atoms with Crippen LogP contribution in [0.25, 0.3) is 10.8 Å². The molecule has 0 aliphatic rings. The second kappa shape index (κ2) is 8.11. The number of phenols is 1. The number of phenolic OH excluding ortho intramolecular Hbond substituents is 1. The lowest BCUT2D eigenvalue weighted by atomic mass is 10.1. The molecule has 0 fully saturated rings. The van der Waals surface area contributed by atoms with Crippen LogP contribution in [0, 0.1) is 0 Å². The summed E-state index contributed by atoms with van der Waals surface area (Å²) in [6.07, 6.45) is 0.941. The number of carbonyl (C=O) groups excluding carboxylic acids is 1. The fraction of sp³-hybridized carbons (Fsp3) is 0.389. The summed E-state index contributed by atoms with van der Waals surface area (Å²) in [7, 11) is 0. The van der Waals surface area contributed by atoms with Crippen LogP contribution in [0.1, 0.15) is 33.6 Å². The molecule has 6 heteroatoms. The van der Waals surface area contributed by atoms with Crippen LogP contribution >= 0.6 is 11.6 Å². The van der Waals surface area contributed by atoms with Gasteiger partial charge in [0.2, 0.25) is 11.5 Å². The molecule has 0 radical (unpaired) electrons. The Morgan fingerprint density at radius 1 is 1.04 bits per heavy atom. The molecule has 2 aromatic carbocycles. The quantitative estimate of drug-likeness (QED) is 0.578. The van der Waals surface area contributed by atoms with Gasteiger partial charge in [-0.2, -0.15) is 0 Å². The van der Waals surface area contributed by atoms with Crippen molar-refractivity contribution in [2.45, 2.75) is 33.6 Å². The van der Waals surface area contributed by atoms with Crippen LogP contribution in [-0.4, -0.2) is 24.3 Å². The van der Waals surface area contributed by atoms with Crippen molar-refractivity contribution < 1.29 is 24.1 Å². The van der Waals surface area contributed by atoms with Crippen molar-refractivity contribution in [3.8, 4) is 23.0 Å². The largest absolute Gasteiger partial charge is 0.504 e. The summed E-state index contributed by atoms with van der Waals surface area (Å²) in [6.45, 7) is 6.14. The third kappa shape index (κ3) is 3.67. The molecule has 0 unspecified atom stereocenters. The maximum atomic E-state index is 12.0. The van der Waals surface area contributed by atoms with Gasteiger partial charge in [-0.1, -0.05) is 18.5 Å². The van der Waals surface area contributed by atoms with E-state index in [1.165, 1.54) is 0 Å². The van der Waals surface area contributed by atoms with Crippen molar-refractivity contribution in [2.24, 2.45) is 0 Å². The summed E-state index contributed by atoms with van der Waals surface area (Å²) in [5.41, 5.74) is 0. The molecule has 0 atom stereocenters. The van der Waals surface area contributed by atoms with Gasteiger partial charge < -0.3 is 19.3 Å². The second-order valence-electron chi connectivity index (χ2n) is 5.12. The predicted molar refractivity (Wildman–Crippen MR) is 93.5 cm³/mol. The average molecular weight is 353 g/mol. The van der Waals surface area contributed by atoms with E-state index in [9.17, 15) is 9.90 Å². The van der Waals surface area contributed by atoms with E-state index in [-0.39, 0.29) is 35.4 Å². The van der Waals surface area contributed by atoms with E-state index >= 15 is 0 Å². The van der Waals surface area contributed by atoms with E-state index in [0.29, 0.717) is 35.4 Å². The third-order valence-electron chi connectivity index (χ3n) is 3.36. The highest BCUT2D eigenvalue weighted by Gasteiger charge is 2.25. The van der Waals surface area contributed by atoms with Crippen molar-refractivity contribution in [3.05, 3.63) is 23.2 Å². The van der Waals surface area contributed by atoms with Gasteiger partial charge >= 0.3 is 5.97 Å². The van der Waals surface area contributed by atoms with Gasteiger partial charge in [0.05, 0.1) is 13.2 Å². The number of hydrogen-bond acceptors (Lipinski definition) is 5. The molecular weight excluding hydrogens is 332 g/mol. The van der Waals surface area contributed by atoms with Crippen molar-refractivity contribution in [3.63, 3.8) is 0 Å². The van der Waals surface area contributed by atoms with Crippen molar-refractivity contribution >= 4 is 28.3 Å². The maximum Gasteiger partial charge on any atom is 0.311 e. The van der Waals surface area contributed by atoms with E-state index in [0.717, 1.165) is 0 Å². The number of carbonyl (C=O) groups is 1. The number of hydrogen-bond donors (Lipinski definition) is 1. The summed E-state index contributed by atoms with van der Waals surface area (Å²) in [5.74, 6) is 0.133. The number of ether oxygens (including phenoxy) is 3. The zero-order chi connectivity index (χ0) is 17.7. The number of aromatic hydroxyl groups is 1. The van der Waals surface area contributed by atoms with Gasteiger partial charge in [0.15, 0.2) is 11.5 Å². The van der Waals surface area contributed by atoms with Gasteiger partial charge in [0.25, 0.3) is 0 Å². The fourth-order valence-corrected chi connectivity index (χ4v) is 2.56. The first-order chi connectivity index (χ1) is 11.5. The van der Waals surface area contributed by atoms with Crippen LogP contribution in [0.4, 0.5) is 0 Å². The van der Waals surface area contributed by atoms with Crippen molar-refractivity contribution in [1.29, 1.82) is 0 Å². The Morgan fingerprint density at radius 2 is 1.71 bits per heavy atom. The van der Waals surface area contributed by atoms with Crippen LogP contribution in [-0.2, 0) is 4.79 Å². The lowest BCUT2D eigenvalue weighted by Gasteiger charge is -2.19. The lowest BCUT2D eigenvalue weighted by molar-refractivity contribution is -0.134. The van der Waals surface area contributed by atoms with Gasteiger partial charge in [-0.3, -0.25) is 4.79 Å². The molecule has 0 heterocycles. The minimum Gasteiger partial charge on any atom is -0.504 e. The van der Waals surface area contributed by atoms with Gasteiger partial charge in [-0.15, -0.1) is 0 Å². The number of rotatable bonds is 7. The van der Waals surface area contributed by atoms with Crippen LogP contribution in [0.15, 0.2) is 18.2 Å². The number of halogens is 1. The van der Waals surface area contributed by atoms with Gasteiger partial charge in [0.1, 0.15) is 0 Å². The molecule has 0 spiro atoms. The first kappa shape index (κ1) is 18.2. The second-order valence-corrected chi connectivity index (χ2v) is 5.55. The fourth-order valence-electron chi connectivity index (χ4n) is 2.39. The molecule has 0 aliphatic carbocycles. The summed E-state index contributed by atoms with van der Waals surface area (Å²) in [5, 5.41) is 12.0. The molecule has 0 saturated heterocycles. The molecule has 1 N–H and O–H groups in total. The Bertz CT molecular complexity index is 742.